The Morgan fingerprint density at radius 1 is 1.25 bits per heavy atom. The number of hydrogen-bond donors (Lipinski definition) is 1. The number of nitrogens with zero attached hydrogens (tertiary/aromatic N) is 1. The highest BCUT2D eigenvalue weighted by atomic mass is 19.4. The van der Waals surface area contributed by atoms with Crippen molar-refractivity contribution in [1.82, 2.24) is 10.2 Å². The summed E-state index contributed by atoms with van der Waals surface area (Å²) in [6.45, 7) is 5.72. The minimum absolute atomic E-state index is 0.0791. The van der Waals surface area contributed by atoms with Gasteiger partial charge in [0.15, 0.2) is 0 Å². The lowest BCUT2D eigenvalue weighted by atomic mass is 9.97. The maximum absolute atomic E-state index is 12.7. The van der Waals surface area contributed by atoms with Gasteiger partial charge in [0.1, 0.15) is 5.75 Å². The Morgan fingerprint density at radius 3 is 2.58 bits per heavy atom. The summed E-state index contributed by atoms with van der Waals surface area (Å²) in [5.41, 5.74) is 1.59. The van der Waals surface area contributed by atoms with Gasteiger partial charge in [0, 0.05) is 19.6 Å². The lowest BCUT2D eigenvalue weighted by Gasteiger charge is -2.30. The van der Waals surface area contributed by atoms with Gasteiger partial charge in [-0.2, -0.15) is 0 Å². The number of amides is 1. The van der Waals surface area contributed by atoms with Gasteiger partial charge in [-0.3, -0.25) is 4.79 Å². The number of benzene rings is 1. The molecule has 1 atom stereocenters. The average molecular weight is 342 g/mol. The first-order chi connectivity index (χ1) is 11.4. The smallest absolute Gasteiger partial charge is 0.405 e. The van der Waals surface area contributed by atoms with Crippen LogP contribution in [0.5, 0.6) is 5.75 Å². The fraction of sp³-hybridized carbons (Fsp3) is 0.588. The fourth-order valence-corrected chi connectivity index (χ4v) is 3.38. The Bertz CT molecular complexity index is 641. The minimum atomic E-state index is -4.79. The molecule has 1 N–H and O–H groups in total. The molecule has 2 heterocycles. The molecule has 4 nitrogen and oxygen atoms in total. The molecular weight excluding hydrogens is 321 g/mol. The largest absolute Gasteiger partial charge is 0.573 e. The summed E-state index contributed by atoms with van der Waals surface area (Å²) < 4.78 is 42.3. The first kappa shape index (κ1) is 17.1. The topological polar surface area (TPSA) is 41.6 Å². The van der Waals surface area contributed by atoms with E-state index >= 15 is 0 Å². The second kappa shape index (κ2) is 6.27. The summed E-state index contributed by atoms with van der Waals surface area (Å²) in [4.78, 5) is 14.1. The van der Waals surface area contributed by atoms with Crippen LogP contribution in [0.2, 0.25) is 0 Å². The molecule has 4 rings (SSSR count). The van der Waals surface area contributed by atoms with Gasteiger partial charge < -0.3 is 15.0 Å². The van der Waals surface area contributed by atoms with Crippen LogP contribution in [0.15, 0.2) is 12.1 Å². The van der Waals surface area contributed by atoms with Gasteiger partial charge in [-0.1, -0.05) is 19.9 Å². The number of hydrogen-bond acceptors (Lipinski definition) is 3. The van der Waals surface area contributed by atoms with Crippen molar-refractivity contribution in [3.63, 3.8) is 0 Å². The number of fused-ring (bicyclic) bond motifs is 3. The van der Waals surface area contributed by atoms with Crippen molar-refractivity contribution < 1.29 is 22.7 Å². The summed E-state index contributed by atoms with van der Waals surface area (Å²) in [6.07, 6.45) is -2.84. The maximum Gasteiger partial charge on any atom is 0.573 e. The third-order valence-electron chi connectivity index (χ3n) is 4.51. The highest BCUT2D eigenvalue weighted by molar-refractivity contribution is 6.02. The van der Waals surface area contributed by atoms with Gasteiger partial charge in [-0.05, 0) is 36.0 Å². The molecule has 0 spiro atoms. The van der Waals surface area contributed by atoms with E-state index in [-0.39, 0.29) is 23.3 Å². The molecule has 1 aromatic carbocycles. The van der Waals surface area contributed by atoms with Crippen LogP contribution in [0, 0.1) is 0 Å². The van der Waals surface area contributed by atoms with Crippen LogP contribution in [-0.4, -0.2) is 36.8 Å². The van der Waals surface area contributed by atoms with Crippen LogP contribution in [-0.2, 0) is 0 Å². The molecule has 1 amide bonds. The zero-order chi connectivity index (χ0) is 17.5. The molecule has 0 aromatic heterocycles. The predicted octanol–water partition coefficient (Wildman–Crippen LogP) is 3.59. The Morgan fingerprint density at radius 2 is 1.96 bits per heavy atom. The predicted molar refractivity (Wildman–Crippen MR) is 83.1 cm³/mol. The molecule has 0 radical (unpaired) electrons. The second-order valence-electron chi connectivity index (χ2n) is 6.02. The first-order valence-corrected chi connectivity index (χ1v) is 8.39. The Kier molecular flexibility index (Phi) is 4.46. The molecule has 1 aromatic rings. The third kappa shape index (κ3) is 3.09. The van der Waals surface area contributed by atoms with Gasteiger partial charge in [0.25, 0.3) is 5.91 Å². The summed E-state index contributed by atoms with van der Waals surface area (Å²) in [6, 6.07) is 3.10. The average Bonchev–Trinajstić information content (AvgIpc) is 3.35. The zero-order valence-electron chi connectivity index (χ0n) is 13.7. The molecule has 1 saturated carbocycles. The number of ether oxygens (including phenoxy) is 1. The lowest BCUT2D eigenvalue weighted by Crippen LogP contribution is -2.44. The van der Waals surface area contributed by atoms with E-state index in [0.29, 0.717) is 31.1 Å². The lowest BCUT2D eigenvalue weighted by molar-refractivity contribution is -0.274. The number of halogens is 3. The van der Waals surface area contributed by atoms with Crippen molar-refractivity contribution in [2.45, 2.75) is 45.0 Å². The molecule has 7 heteroatoms. The van der Waals surface area contributed by atoms with Crippen molar-refractivity contribution in [2.24, 2.45) is 0 Å². The molecule has 132 valence electrons. The summed E-state index contributed by atoms with van der Waals surface area (Å²) in [5, 5.41) is 3.19. The van der Waals surface area contributed by atoms with E-state index in [1.54, 1.807) is 4.90 Å². The van der Waals surface area contributed by atoms with Crippen LogP contribution in [0.4, 0.5) is 13.2 Å². The highest BCUT2D eigenvalue weighted by Gasteiger charge is 2.43. The number of alkyl halides is 3. The normalized spacial score (nSPS) is 22.5. The fourth-order valence-electron chi connectivity index (χ4n) is 3.38. The Hall–Kier alpha value is -1.76. The van der Waals surface area contributed by atoms with E-state index < -0.39 is 6.36 Å². The van der Waals surface area contributed by atoms with E-state index in [1.165, 1.54) is 6.07 Å². The second-order valence-corrected chi connectivity index (χ2v) is 6.02. The monoisotopic (exact) mass is 342 g/mol. The zero-order valence-corrected chi connectivity index (χ0v) is 13.7. The van der Waals surface area contributed by atoms with Crippen molar-refractivity contribution >= 4 is 5.91 Å². The molecule has 1 saturated heterocycles. The number of rotatable bonds is 2. The van der Waals surface area contributed by atoms with Crippen molar-refractivity contribution in [1.29, 1.82) is 0 Å². The van der Waals surface area contributed by atoms with E-state index in [4.69, 9.17) is 0 Å². The SMILES string of the molecule is CC.O=C1c2c(OC(F)(F)F)cc(C3CC3)cc2C2CNCCN12. The number of nitrogens with one attached hydrogen (secondary N) is 1. The Balaban J connectivity index is 0.000000815. The van der Waals surface area contributed by atoms with Crippen LogP contribution in [0.25, 0.3) is 0 Å². The maximum atomic E-state index is 12.7. The summed E-state index contributed by atoms with van der Waals surface area (Å²) in [5.74, 6) is -0.406. The van der Waals surface area contributed by atoms with E-state index in [1.807, 2.05) is 19.9 Å². The van der Waals surface area contributed by atoms with Gasteiger partial charge >= 0.3 is 6.36 Å². The molecule has 1 aliphatic carbocycles. The van der Waals surface area contributed by atoms with Crippen molar-refractivity contribution in [3.05, 3.63) is 28.8 Å². The van der Waals surface area contributed by atoms with E-state index in [2.05, 4.69) is 10.1 Å². The first-order valence-electron chi connectivity index (χ1n) is 8.39. The van der Waals surface area contributed by atoms with Gasteiger partial charge in [0.2, 0.25) is 0 Å². The molecule has 3 aliphatic rings. The molecule has 0 bridgehead atoms. The van der Waals surface area contributed by atoms with Gasteiger partial charge in [-0.25, -0.2) is 0 Å². The molecule has 2 aliphatic heterocycles. The molecule has 2 fully saturated rings. The van der Waals surface area contributed by atoms with Gasteiger partial charge in [-0.15, -0.1) is 13.2 Å². The van der Waals surface area contributed by atoms with Crippen LogP contribution < -0.4 is 10.1 Å². The quantitative estimate of drug-likeness (QED) is 0.893. The van der Waals surface area contributed by atoms with Crippen LogP contribution in [0.3, 0.4) is 0 Å². The highest BCUT2D eigenvalue weighted by Crippen LogP contribution is 2.47. The van der Waals surface area contributed by atoms with Gasteiger partial charge in [0.05, 0.1) is 11.6 Å². The van der Waals surface area contributed by atoms with Crippen LogP contribution in [0.1, 0.15) is 60.1 Å². The van der Waals surface area contributed by atoms with E-state index in [0.717, 1.165) is 18.4 Å². The number of carbonyl (C=O) groups excluding carboxylic acids is 1. The molecule has 24 heavy (non-hydrogen) atoms. The Labute approximate surface area is 139 Å². The summed E-state index contributed by atoms with van der Waals surface area (Å²) >= 11 is 0. The minimum Gasteiger partial charge on any atom is -0.405 e. The van der Waals surface area contributed by atoms with Crippen molar-refractivity contribution in [2.75, 3.05) is 19.6 Å². The molecule has 1 unspecified atom stereocenters. The standard InChI is InChI=1S/C15H15F3N2O2.C2H6/c16-15(17,18)22-12-6-9(8-1-2-8)5-10-11-7-19-3-4-20(11)14(21)13(10)12;1-2/h5-6,8,11,19H,1-4,7H2;1-2H3. The number of piperazine rings is 1. The third-order valence-corrected chi connectivity index (χ3v) is 4.51. The van der Waals surface area contributed by atoms with E-state index in [9.17, 15) is 18.0 Å². The summed E-state index contributed by atoms with van der Waals surface area (Å²) in [7, 11) is 0. The molecular formula is C17H21F3N2O2. The van der Waals surface area contributed by atoms with Crippen LogP contribution >= 0.6 is 0 Å². The number of carbonyl (C=O) groups is 1. The van der Waals surface area contributed by atoms with Crippen molar-refractivity contribution in [3.8, 4) is 5.75 Å².